The lowest BCUT2D eigenvalue weighted by atomic mass is 10.1. The number of carbonyl (C=O) groups excluding carboxylic acids is 1. The molecule has 0 fully saturated rings. The number of pyridine rings is 1. The van der Waals surface area contributed by atoms with Crippen LogP contribution in [0.4, 0.5) is 5.69 Å². The number of halogens is 2. The maximum Gasteiger partial charge on any atom is 0.276 e. The molecule has 4 rings (SSSR count). The molecular weight excluding hydrogens is 465 g/mol. The summed E-state index contributed by atoms with van der Waals surface area (Å²) in [5, 5.41) is 15.7. The van der Waals surface area contributed by atoms with Gasteiger partial charge in [-0.05, 0) is 39.2 Å². The Labute approximate surface area is 200 Å². The summed E-state index contributed by atoms with van der Waals surface area (Å²) in [4.78, 5) is 18.9. The van der Waals surface area contributed by atoms with Crippen molar-refractivity contribution >= 4 is 45.7 Å². The van der Waals surface area contributed by atoms with E-state index in [2.05, 4.69) is 30.5 Å². The first-order chi connectivity index (χ1) is 15.8. The van der Waals surface area contributed by atoms with E-state index in [4.69, 9.17) is 27.9 Å². The molecule has 3 heterocycles. The molecule has 0 saturated carbocycles. The molecule has 2 N–H and O–H groups in total. The average Bonchev–Trinajstić information content (AvgIpc) is 3.38. The highest BCUT2D eigenvalue weighted by Gasteiger charge is 2.19. The number of benzene rings is 1. The summed E-state index contributed by atoms with van der Waals surface area (Å²) in [6.07, 6.45) is 6.01. The molecule has 1 aromatic carbocycles. The highest BCUT2D eigenvalue weighted by molar-refractivity contribution is 6.35. The summed E-state index contributed by atoms with van der Waals surface area (Å²) >= 11 is 12.5. The number of likely N-dealkylation sites (N-methyl/N-ethyl adjacent to an activating group) is 1. The van der Waals surface area contributed by atoms with Gasteiger partial charge >= 0.3 is 0 Å². The summed E-state index contributed by atoms with van der Waals surface area (Å²) in [7, 11) is 3.99. The van der Waals surface area contributed by atoms with Gasteiger partial charge in [-0.15, -0.1) is 0 Å². The molecule has 11 heteroatoms. The Kier molecular flexibility index (Phi) is 6.83. The minimum Gasteiger partial charge on any atom is -0.486 e. The first-order valence-corrected chi connectivity index (χ1v) is 11.0. The van der Waals surface area contributed by atoms with E-state index < -0.39 is 6.10 Å². The van der Waals surface area contributed by atoms with Gasteiger partial charge in [0, 0.05) is 36.1 Å². The maximum atomic E-state index is 12.9. The van der Waals surface area contributed by atoms with E-state index in [-0.39, 0.29) is 11.6 Å². The second-order valence-corrected chi connectivity index (χ2v) is 8.62. The molecule has 0 bridgehead atoms. The fourth-order valence-corrected chi connectivity index (χ4v) is 4.03. The van der Waals surface area contributed by atoms with Crippen LogP contribution in [0.3, 0.4) is 0 Å². The number of aromatic nitrogens is 5. The summed E-state index contributed by atoms with van der Waals surface area (Å²) in [5.74, 6) is 0.199. The first kappa shape index (κ1) is 23.0. The lowest BCUT2D eigenvalue weighted by molar-refractivity contribution is 0.102. The number of fused-ring (bicyclic) bond motifs is 1. The molecular formula is C22H23Cl2N7O2. The van der Waals surface area contributed by atoms with E-state index in [9.17, 15) is 4.79 Å². The smallest absolute Gasteiger partial charge is 0.276 e. The molecule has 0 aliphatic rings. The van der Waals surface area contributed by atoms with E-state index in [0.29, 0.717) is 37.9 Å². The number of rotatable bonds is 8. The summed E-state index contributed by atoms with van der Waals surface area (Å²) in [6.45, 7) is 3.41. The van der Waals surface area contributed by atoms with Gasteiger partial charge in [0.2, 0.25) is 0 Å². The average molecular weight is 488 g/mol. The van der Waals surface area contributed by atoms with Crippen LogP contribution in [0.25, 0.3) is 10.9 Å². The molecule has 0 aliphatic carbocycles. The van der Waals surface area contributed by atoms with Gasteiger partial charge in [0.15, 0.2) is 5.69 Å². The van der Waals surface area contributed by atoms with Gasteiger partial charge in [0.25, 0.3) is 5.91 Å². The number of aromatic amines is 1. The number of nitrogens with one attached hydrogen (secondary N) is 2. The molecule has 9 nitrogen and oxygen atoms in total. The quantitative estimate of drug-likeness (QED) is 0.381. The van der Waals surface area contributed by atoms with Crippen LogP contribution in [-0.2, 0) is 6.54 Å². The van der Waals surface area contributed by atoms with Crippen molar-refractivity contribution < 1.29 is 9.53 Å². The van der Waals surface area contributed by atoms with Crippen molar-refractivity contribution in [3.05, 3.63) is 64.3 Å². The Hall–Kier alpha value is -3.14. The number of hydrogen-bond acceptors (Lipinski definition) is 6. The second-order valence-electron chi connectivity index (χ2n) is 7.81. The minimum atomic E-state index is -0.428. The van der Waals surface area contributed by atoms with E-state index in [0.717, 1.165) is 13.1 Å². The predicted molar refractivity (Wildman–Crippen MR) is 128 cm³/mol. The van der Waals surface area contributed by atoms with Gasteiger partial charge in [-0.3, -0.25) is 19.6 Å². The normalized spacial score (nSPS) is 12.3. The van der Waals surface area contributed by atoms with E-state index in [1.807, 2.05) is 21.0 Å². The number of hydrogen-bond donors (Lipinski definition) is 2. The standard InChI is InChI=1S/C22H23Cl2N7O2/c1-13(20-17(23)10-25-11-18(20)24)33-15-4-5-19-16(8-15)21(29-28-19)22(32)27-14-9-26-31(12-14)7-6-30(2)3/h4-5,8-13H,6-7H2,1-3H3,(H,27,32)(H,28,29)/t13-/m1/s1. The third kappa shape index (κ3) is 5.27. The molecule has 0 saturated heterocycles. The predicted octanol–water partition coefficient (Wildman–Crippen LogP) is 4.42. The van der Waals surface area contributed by atoms with Crippen LogP contribution >= 0.6 is 23.2 Å². The Morgan fingerprint density at radius 3 is 2.73 bits per heavy atom. The summed E-state index contributed by atoms with van der Waals surface area (Å²) in [6, 6.07) is 5.35. The van der Waals surface area contributed by atoms with Crippen LogP contribution < -0.4 is 10.1 Å². The maximum absolute atomic E-state index is 12.9. The monoisotopic (exact) mass is 487 g/mol. The SMILES string of the molecule is C[C@@H](Oc1ccc2[nH]nc(C(=O)Nc3cnn(CCN(C)C)c3)c2c1)c1c(Cl)cncc1Cl. The molecule has 1 amide bonds. The Balaban J connectivity index is 1.51. The number of nitrogens with zero attached hydrogens (tertiary/aromatic N) is 5. The highest BCUT2D eigenvalue weighted by Crippen LogP contribution is 2.33. The fraction of sp³-hybridized carbons (Fsp3) is 0.273. The third-order valence-electron chi connectivity index (χ3n) is 5.03. The zero-order valence-electron chi connectivity index (χ0n) is 18.3. The molecule has 1 atom stereocenters. The number of anilines is 1. The van der Waals surface area contributed by atoms with Crippen LogP contribution in [0.2, 0.25) is 10.0 Å². The van der Waals surface area contributed by atoms with Gasteiger partial charge in [-0.25, -0.2) is 0 Å². The Morgan fingerprint density at radius 1 is 1.24 bits per heavy atom. The van der Waals surface area contributed by atoms with E-state index in [1.165, 1.54) is 12.4 Å². The number of H-pyrrole nitrogens is 1. The molecule has 3 aromatic heterocycles. The van der Waals surface area contributed by atoms with Crippen molar-refractivity contribution in [1.29, 1.82) is 0 Å². The molecule has 4 aromatic rings. The molecule has 33 heavy (non-hydrogen) atoms. The zero-order valence-corrected chi connectivity index (χ0v) is 19.9. The van der Waals surface area contributed by atoms with E-state index >= 15 is 0 Å². The first-order valence-electron chi connectivity index (χ1n) is 10.2. The van der Waals surface area contributed by atoms with E-state index in [1.54, 1.807) is 35.3 Å². The van der Waals surface area contributed by atoms with Crippen LogP contribution in [0.1, 0.15) is 29.1 Å². The van der Waals surface area contributed by atoms with Crippen molar-refractivity contribution in [2.24, 2.45) is 0 Å². The largest absolute Gasteiger partial charge is 0.486 e. The van der Waals surface area contributed by atoms with Crippen LogP contribution in [0, 0.1) is 0 Å². The van der Waals surface area contributed by atoms with Gasteiger partial charge in [-0.1, -0.05) is 23.2 Å². The van der Waals surface area contributed by atoms with Gasteiger partial charge in [0.1, 0.15) is 11.9 Å². The van der Waals surface area contributed by atoms with Crippen LogP contribution in [-0.4, -0.2) is 56.4 Å². The van der Waals surface area contributed by atoms with Gasteiger partial charge in [0.05, 0.1) is 34.0 Å². The fourth-order valence-electron chi connectivity index (χ4n) is 3.36. The molecule has 0 unspecified atom stereocenters. The van der Waals surface area contributed by atoms with Crippen molar-refractivity contribution in [2.75, 3.05) is 26.0 Å². The van der Waals surface area contributed by atoms with Gasteiger partial charge in [-0.2, -0.15) is 10.2 Å². The van der Waals surface area contributed by atoms with Crippen molar-refractivity contribution in [3.63, 3.8) is 0 Å². The topological polar surface area (TPSA) is 101 Å². The molecule has 0 aliphatic heterocycles. The Morgan fingerprint density at radius 2 is 2.00 bits per heavy atom. The van der Waals surface area contributed by atoms with Crippen molar-refractivity contribution in [2.45, 2.75) is 19.6 Å². The third-order valence-corrected chi connectivity index (χ3v) is 5.63. The van der Waals surface area contributed by atoms with Crippen LogP contribution in [0.15, 0.2) is 43.0 Å². The van der Waals surface area contributed by atoms with Gasteiger partial charge < -0.3 is 15.0 Å². The minimum absolute atomic E-state index is 0.254. The Bertz CT molecular complexity index is 1260. The number of carbonyl (C=O) groups is 1. The number of amides is 1. The molecule has 0 radical (unpaired) electrons. The lowest BCUT2D eigenvalue weighted by Gasteiger charge is -2.17. The van der Waals surface area contributed by atoms with Crippen LogP contribution in [0.5, 0.6) is 5.75 Å². The molecule has 172 valence electrons. The zero-order chi connectivity index (χ0) is 23.5. The summed E-state index contributed by atoms with van der Waals surface area (Å²) in [5.41, 5.74) is 2.20. The van der Waals surface area contributed by atoms with Crippen molar-refractivity contribution in [3.8, 4) is 5.75 Å². The summed E-state index contributed by atoms with van der Waals surface area (Å²) < 4.78 is 7.83. The number of ether oxygens (including phenoxy) is 1. The highest BCUT2D eigenvalue weighted by atomic mass is 35.5. The molecule has 0 spiro atoms. The lowest BCUT2D eigenvalue weighted by Crippen LogP contribution is -2.18. The second kappa shape index (κ2) is 9.78. The van der Waals surface area contributed by atoms with Crippen molar-refractivity contribution in [1.82, 2.24) is 29.9 Å².